The maximum Gasteiger partial charge on any atom is 0.266 e. The van der Waals surface area contributed by atoms with Crippen LogP contribution in [0, 0.1) is 0 Å². The van der Waals surface area contributed by atoms with Crippen LogP contribution in [-0.4, -0.2) is 23.7 Å². The van der Waals surface area contributed by atoms with Crippen molar-refractivity contribution >= 4 is 0 Å². The van der Waals surface area contributed by atoms with Gasteiger partial charge in [-0.2, -0.15) is 0 Å². The first-order valence-corrected chi connectivity index (χ1v) is 6.29. The van der Waals surface area contributed by atoms with Crippen LogP contribution in [0.2, 0.25) is 0 Å². The van der Waals surface area contributed by atoms with E-state index in [0.717, 1.165) is 6.61 Å². The largest absolute Gasteiger partial charge is 0.385 e. The molecule has 0 spiro atoms. The Hall–Kier alpha value is -1.16. The van der Waals surface area contributed by atoms with Crippen LogP contribution in [-0.2, 0) is 4.74 Å². The van der Waals surface area contributed by atoms with Crippen molar-refractivity contribution in [3.63, 3.8) is 0 Å². The Morgan fingerprint density at radius 2 is 1.59 bits per heavy atom. The zero-order valence-electron chi connectivity index (χ0n) is 12.7. The van der Waals surface area contributed by atoms with Gasteiger partial charge in [0.25, 0.3) is 5.56 Å². The van der Waals surface area contributed by atoms with Gasteiger partial charge >= 0.3 is 0 Å². The summed E-state index contributed by atoms with van der Waals surface area (Å²) in [5.74, 6) is 0. The van der Waals surface area contributed by atoms with Gasteiger partial charge < -0.3 is 9.72 Å². The number of rotatable bonds is 1. The third-order valence-electron chi connectivity index (χ3n) is 0.867. The molecule has 0 aliphatic carbocycles. The second kappa shape index (κ2) is 36.4. The number of methoxy groups -OCH3 is 1. The van der Waals surface area contributed by atoms with Crippen molar-refractivity contribution < 1.29 is 4.74 Å². The summed E-state index contributed by atoms with van der Waals surface area (Å²) in [5.41, 5.74) is -0.164. The highest BCUT2D eigenvalue weighted by atomic mass is 16.5. The molecule has 1 heterocycles. The van der Waals surface area contributed by atoms with Crippen LogP contribution >= 0.6 is 0 Å². The van der Waals surface area contributed by atoms with Crippen molar-refractivity contribution in [2.75, 3.05) is 13.7 Å². The first-order valence-electron chi connectivity index (χ1n) is 6.29. The molecule has 4 nitrogen and oxygen atoms in total. The minimum atomic E-state index is -0.164. The number of H-pyrrole nitrogens is 1. The van der Waals surface area contributed by atoms with Crippen LogP contribution in [0.1, 0.15) is 48.5 Å². The van der Waals surface area contributed by atoms with Gasteiger partial charge in [0.15, 0.2) is 0 Å². The van der Waals surface area contributed by atoms with Gasteiger partial charge in [-0.25, -0.2) is 0 Å². The molecule has 0 aliphatic rings. The van der Waals surface area contributed by atoms with E-state index in [2.05, 4.69) is 14.7 Å². The molecule has 0 aliphatic heterocycles. The molecule has 1 N–H and O–H groups in total. The first kappa shape index (κ1) is 24.9. The fourth-order valence-corrected chi connectivity index (χ4v) is 0.310. The minimum Gasteiger partial charge on any atom is -0.385 e. The van der Waals surface area contributed by atoms with Crippen LogP contribution in [0.3, 0.4) is 0 Å². The molecular formula is C13H30N2O2. The summed E-state index contributed by atoms with van der Waals surface area (Å²) >= 11 is 0. The number of nitrogens with one attached hydrogen (secondary N) is 1. The van der Waals surface area contributed by atoms with Crippen molar-refractivity contribution in [3.05, 3.63) is 28.9 Å². The smallest absolute Gasteiger partial charge is 0.266 e. The molecule has 104 valence electrons. The molecule has 17 heavy (non-hydrogen) atoms. The van der Waals surface area contributed by atoms with E-state index in [0.29, 0.717) is 0 Å². The van der Waals surface area contributed by atoms with Gasteiger partial charge in [0.1, 0.15) is 0 Å². The Bertz CT molecular complexity index is 205. The molecule has 0 saturated heterocycles. The normalized spacial score (nSPS) is 6.35. The molecule has 0 fully saturated rings. The number of nitrogens with zero attached hydrogens (tertiary/aromatic N) is 1. The molecule has 0 aromatic carbocycles. The summed E-state index contributed by atoms with van der Waals surface area (Å²) in [6.07, 6.45) is 4.23. The second-order valence-corrected chi connectivity index (χ2v) is 1.68. The van der Waals surface area contributed by atoms with E-state index >= 15 is 0 Å². The molecule has 0 unspecified atom stereocenters. The summed E-state index contributed by atoms with van der Waals surface area (Å²) in [4.78, 5) is 16.1. The van der Waals surface area contributed by atoms with E-state index < -0.39 is 0 Å². The lowest BCUT2D eigenvalue weighted by atomic mass is 10.8. The monoisotopic (exact) mass is 246 g/mol. The molecule has 4 heteroatoms. The van der Waals surface area contributed by atoms with Crippen LogP contribution in [0.25, 0.3) is 0 Å². The molecule has 0 bridgehead atoms. The summed E-state index contributed by atoms with van der Waals surface area (Å²) in [6.45, 7) is 14.8. The van der Waals surface area contributed by atoms with E-state index in [-0.39, 0.29) is 5.56 Å². The number of aromatic nitrogens is 2. The second-order valence-electron chi connectivity index (χ2n) is 1.68. The lowest BCUT2D eigenvalue weighted by molar-refractivity contribution is 0.215. The predicted molar refractivity (Wildman–Crippen MR) is 76.5 cm³/mol. The van der Waals surface area contributed by atoms with Gasteiger partial charge in [-0.1, -0.05) is 41.5 Å². The standard InChI is InChI=1S/C4H4N2O.C3H8O.3C2H6/c7-4-3-5-1-2-6-4;1-3-4-2;3*1-2/h1-3H,(H,6,7);3H2,1-2H3;3*1-2H3. The fourth-order valence-electron chi connectivity index (χ4n) is 0.310. The van der Waals surface area contributed by atoms with Gasteiger partial charge in [0, 0.05) is 26.1 Å². The molecule has 0 saturated carbocycles. The van der Waals surface area contributed by atoms with Crippen molar-refractivity contribution in [2.45, 2.75) is 48.5 Å². The lowest BCUT2D eigenvalue weighted by Crippen LogP contribution is -2.01. The summed E-state index contributed by atoms with van der Waals surface area (Å²) < 4.78 is 4.54. The van der Waals surface area contributed by atoms with E-state index in [1.807, 2.05) is 48.5 Å². The number of ether oxygens (including phenoxy) is 1. The third-order valence-corrected chi connectivity index (χ3v) is 0.867. The third kappa shape index (κ3) is 39.8. The molecule has 1 rings (SSSR count). The van der Waals surface area contributed by atoms with Gasteiger partial charge in [-0.05, 0) is 6.92 Å². The van der Waals surface area contributed by atoms with E-state index in [1.54, 1.807) is 7.11 Å². The highest BCUT2D eigenvalue weighted by Gasteiger charge is 1.70. The summed E-state index contributed by atoms with van der Waals surface area (Å²) in [7, 11) is 1.68. The highest BCUT2D eigenvalue weighted by Crippen LogP contribution is 1.57. The first-order chi connectivity index (χ1) is 8.31. The van der Waals surface area contributed by atoms with E-state index in [1.165, 1.54) is 18.6 Å². The molecular weight excluding hydrogens is 216 g/mol. The molecule has 1 aromatic rings. The maximum absolute atomic E-state index is 10.2. The average Bonchev–Trinajstić information content (AvgIpc) is 2.46. The quantitative estimate of drug-likeness (QED) is 0.825. The predicted octanol–water partition coefficient (Wildman–Crippen LogP) is 3.50. The van der Waals surface area contributed by atoms with Gasteiger partial charge in [0.05, 0.1) is 6.20 Å². The van der Waals surface area contributed by atoms with Gasteiger partial charge in [0.2, 0.25) is 0 Å². The maximum atomic E-state index is 10.2. The number of hydrogen-bond acceptors (Lipinski definition) is 3. The highest BCUT2D eigenvalue weighted by molar-refractivity contribution is 4.73. The van der Waals surface area contributed by atoms with Crippen molar-refractivity contribution in [3.8, 4) is 0 Å². The minimum absolute atomic E-state index is 0.164. The average molecular weight is 246 g/mol. The Labute approximate surface area is 106 Å². The Morgan fingerprint density at radius 1 is 1.18 bits per heavy atom. The van der Waals surface area contributed by atoms with Crippen LogP contribution in [0.15, 0.2) is 23.4 Å². The lowest BCUT2D eigenvalue weighted by Gasteiger charge is -1.76. The fraction of sp³-hybridized carbons (Fsp3) is 0.692. The van der Waals surface area contributed by atoms with Gasteiger partial charge in [-0.3, -0.25) is 9.78 Å². The Balaban J connectivity index is -0.0000000735. The van der Waals surface area contributed by atoms with E-state index in [4.69, 9.17) is 0 Å². The number of hydrogen-bond donors (Lipinski definition) is 1. The van der Waals surface area contributed by atoms with Crippen LogP contribution in [0.5, 0.6) is 0 Å². The zero-order valence-corrected chi connectivity index (χ0v) is 12.7. The molecule has 1 aromatic heterocycles. The Morgan fingerprint density at radius 3 is 1.71 bits per heavy atom. The van der Waals surface area contributed by atoms with Crippen molar-refractivity contribution in [1.29, 1.82) is 0 Å². The molecule has 0 amide bonds. The topological polar surface area (TPSA) is 55.0 Å². The SMILES string of the molecule is CC.CC.CC.CCOC.O=c1cncc[nH]1. The van der Waals surface area contributed by atoms with Crippen LogP contribution < -0.4 is 5.56 Å². The zero-order chi connectivity index (χ0) is 14.5. The van der Waals surface area contributed by atoms with Gasteiger partial charge in [-0.15, -0.1) is 0 Å². The summed E-state index contributed by atoms with van der Waals surface area (Å²) in [6, 6.07) is 0. The Kier molecular flexibility index (Phi) is 53.2. The van der Waals surface area contributed by atoms with Crippen molar-refractivity contribution in [1.82, 2.24) is 9.97 Å². The number of aromatic amines is 1. The van der Waals surface area contributed by atoms with Crippen LogP contribution in [0.4, 0.5) is 0 Å². The van der Waals surface area contributed by atoms with E-state index in [9.17, 15) is 4.79 Å². The molecule has 0 atom stereocenters. The van der Waals surface area contributed by atoms with Crippen molar-refractivity contribution in [2.24, 2.45) is 0 Å². The molecule has 0 radical (unpaired) electrons. The summed E-state index contributed by atoms with van der Waals surface area (Å²) in [5, 5.41) is 0.